The van der Waals surface area contributed by atoms with Crippen molar-refractivity contribution in [3.8, 4) is 17.6 Å². The first kappa shape index (κ1) is 23.1. The quantitative estimate of drug-likeness (QED) is 0.309. The summed E-state index contributed by atoms with van der Waals surface area (Å²) in [7, 11) is 2.70. The van der Waals surface area contributed by atoms with Crippen molar-refractivity contribution >= 4 is 23.6 Å². The lowest BCUT2D eigenvalue weighted by Crippen LogP contribution is -2.13. The number of halogens is 1. The van der Waals surface area contributed by atoms with E-state index in [1.807, 2.05) is 6.07 Å². The number of carbonyl (C=O) groups excluding carboxylic acids is 2. The summed E-state index contributed by atoms with van der Waals surface area (Å²) in [6, 6.07) is 15.0. The van der Waals surface area contributed by atoms with E-state index in [4.69, 9.17) is 13.9 Å². The number of hydrogen-bond donors (Lipinski definition) is 1. The molecule has 0 atom stereocenters. The number of nitrogens with one attached hydrogen (secondary N) is 1. The third kappa shape index (κ3) is 5.98. The maximum absolute atomic E-state index is 13.0. The van der Waals surface area contributed by atoms with Crippen LogP contribution in [0.15, 0.2) is 64.6 Å². The van der Waals surface area contributed by atoms with E-state index in [0.717, 1.165) is 0 Å². The first-order valence-electron chi connectivity index (χ1n) is 9.60. The number of hydrogen-bond acceptors (Lipinski definition) is 7. The van der Waals surface area contributed by atoms with Gasteiger partial charge in [-0.2, -0.15) is 5.26 Å². The molecule has 0 spiro atoms. The second-order valence-corrected chi connectivity index (χ2v) is 6.59. The lowest BCUT2D eigenvalue weighted by atomic mass is 10.1. The number of furan rings is 1. The predicted octanol–water partition coefficient (Wildman–Crippen LogP) is 4.34. The Morgan fingerprint density at radius 1 is 1.09 bits per heavy atom. The molecule has 0 saturated carbocycles. The summed E-state index contributed by atoms with van der Waals surface area (Å²) in [5, 5.41) is 11.9. The zero-order chi connectivity index (χ0) is 23.8. The number of amides is 1. The molecule has 0 radical (unpaired) electrons. The normalized spacial score (nSPS) is 10.8. The molecule has 1 aromatic heterocycles. The lowest BCUT2D eigenvalue weighted by Gasteiger charge is -2.11. The van der Waals surface area contributed by atoms with E-state index in [1.165, 1.54) is 50.6 Å². The summed E-state index contributed by atoms with van der Waals surface area (Å²) in [6.07, 6.45) is 1.39. The van der Waals surface area contributed by atoms with Gasteiger partial charge in [-0.05, 0) is 60.2 Å². The van der Waals surface area contributed by atoms with Crippen LogP contribution in [0.2, 0.25) is 0 Å². The highest BCUT2D eigenvalue weighted by Crippen LogP contribution is 2.30. The molecule has 0 aliphatic heterocycles. The minimum Gasteiger partial charge on any atom is -0.493 e. The minimum atomic E-state index is -0.636. The summed E-state index contributed by atoms with van der Waals surface area (Å²) >= 11 is 0. The Morgan fingerprint density at radius 2 is 1.85 bits per heavy atom. The standard InChI is InChI=1S/C24H19FN2O6/c1-30-22-12-15(11-16(13-26)23(28)27-18-6-4-17(25)5-7-18)3-9-20(22)32-14-19-8-10-21(33-19)24(29)31-2/h3-12H,14H2,1-2H3,(H,27,28)/b16-11+. The van der Waals surface area contributed by atoms with Crippen LogP contribution in [0.25, 0.3) is 6.08 Å². The average molecular weight is 450 g/mol. The fraction of sp³-hybridized carbons (Fsp3) is 0.125. The van der Waals surface area contributed by atoms with Crippen molar-refractivity contribution in [3.05, 3.63) is 83.1 Å². The van der Waals surface area contributed by atoms with E-state index in [-0.39, 0.29) is 17.9 Å². The Bertz CT molecular complexity index is 1220. The van der Waals surface area contributed by atoms with Crippen LogP contribution in [-0.2, 0) is 16.1 Å². The van der Waals surface area contributed by atoms with Gasteiger partial charge in [0, 0.05) is 5.69 Å². The van der Waals surface area contributed by atoms with Crippen LogP contribution in [0.3, 0.4) is 0 Å². The van der Waals surface area contributed by atoms with Gasteiger partial charge in [-0.1, -0.05) is 6.07 Å². The zero-order valence-corrected chi connectivity index (χ0v) is 17.8. The van der Waals surface area contributed by atoms with Gasteiger partial charge in [0.2, 0.25) is 5.76 Å². The number of methoxy groups -OCH3 is 2. The molecule has 9 heteroatoms. The number of esters is 1. The third-order valence-electron chi connectivity index (χ3n) is 4.38. The molecule has 3 rings (SSSR count). The Balaban J connectivity index is 1.72. The molecule has 0 bridgehead atoms. The number of ether oxygens (including phenoxy) is 3. The summed E-state index contributed by atoms with van der Waals surface area (Å²) in [4.78, 5) is 23.9. The maximum atomic E-state index is 13.0. The van der Waals surface area contributed by atoms with Crippen molar-refractivity contribution in [2.75, 3.05) is 19.5 Å². The predicted molar refractivity (Wildman–Crippen MR) is 116 cm³/mol. The van der Waals surface area contributed by atoms with Gasteiger partial charge < -0.3 is 23.9 Å². The zero-order valence-electron chi connectivity index (χ0n) is 17.8. The van der Waals surface area contributed by atoms with Crippen molar-refractivity contribution in [1.82, 2.24) is 0 Å². The molecular weight excluding hydrogens is 431 g/mol. The largest absolute Gasteiger partial charge is 0.493 e. The van der Waals surface area contributed by atoms with Crippen molar-refractivity contribution < 1.29 is 32.6 Å². The van der Waals surface area contributed by atoms with E-state index in [1.54, 1.807) is 24.3 Å². The number of anilines is 1. The van der Waals surface area contributed by atoms with Crippen molar-refractivity contribution in [1.29, 1.82) is 5.26 Å². The van der Waals surface area contributed by atoms with Crippen LogP contribution in [0, 0.1) is 17.1 Å². The lowest BCUT2D eigenvalue weighted by molar-refractivity contribution is -0.112. The number of rotatable bonds is 8. The molecule has 0 saturated heterocycles. The number of benzene rings is 2. The fourth-order valence-electron chi connectivity index (χ4n) is 2.75. The van der Waals surface area contributed by atoms with Gasteiger partial charge in [-0.15, -0.1) is 0 Å². The van der Waals surface area contributed by atoms with Crippen molar-refractivity contribution in [3.63, 3.8) is 0 Å². The molecule has 0 aliphatic carbocycles. The van der Waals surface area contributed by atoms with Crippen LogP contribution >= 0.6 is 0 Å². The SMILES string of the molecule is COC(=O)c1ccc(COc2ccc(/C=C(\C#N)C(=O)Nc3ccc(F)cc3)cc2OC)o1. The molecule has 1 N–H and O–H groups in total. The first-order valence-corrected chi connectivity index (χ1v) is 9.60. The summed E-state index contributed by atoms with van der Waals surface area (Å²) in [6.45, 7) is 0.0338. The van der Waals surface area contributed by atoms with Crippen LogP contribution in [0.4, 0.5) is 10.1 Å². The number of nitrogens with zero attached hydrogens (tertiary/aromatic N) is 1. The Morgan fingerprint density at radius 3 is 2.52 bits per heavy atom. The molecule has 168 valence electrons. The molecule has 0 unspecified atom stereocenters. The van der Waals surface area contributed by atoms with E-state index in [2.05, 4.69) is 10.1 Å². The maximum Gasteiger partial charge on any atom is 0.373 e. The van der Waals surface area contributed by atoms with Gasteiger partial charge in [0.1, 0.15) is 29.8 Å². The molecule has 0 fully saturated rings. The third-order valence-corrected chi connectivity index (χ3v) is 4.38. The monoisotopic (exact) mass is 450 g/mol. The fourth-order valence-corrected chi connectivity index (χ4v) is 2.75. The van der Waals surface area contributed by atoms with Gasteiger partial charge >= 0.3 is 5.97 Å². The minimum absolute atomic E-state index is 0.0338. The highest BCUT2D eigenvalue weighted by Gasteiger charge is 2.14. The van der Waals surface area contributed by atoms with E-state index < -0.39 is 17.7 Å². The Kier molecular flexibility index (Phi) is 7.44. The molecule has 0 aliphatic rings. The van der Waals surface area contributed by atoms with Crippen LogP contribution in [0.1, 0.15) is 21.9 Å². The van der Waals surface area contributed by atoms with Gasteiger partial charge in [0.05, 0.1) is 14.2 Å². The van der Waals surface area contributed by atoms with Gasteiger partial charge in [0.15, 0.2) is 11.5 Å². The van der Waals surface area contributed by atoms with Crippen LogP contribution < -0.4 is 14.8 Å². The van der Waals surface area contributed by atoms with Crippen molar-refractivity contribution in [2.24, 2.45) is 0 Å². The van der Waals surface area contributed by atoms with Gasteiger partial charge in [-0.3, -0.25) is 4.79 Å². The van der Waals surface area contributed by atoms with E-state index >= 15 is 0 Å². The molecule has 8 nitrogen and oxygen atoms in total. The summed E-state index contributed by atoms with van der Waals surface area (Å²) in [5.41, 5.74) is 0.731. The smallest absolute Gasteiger partial charge is 0.373 e. The molecule has 33 heavy (non-hydrogen) atoms. The average Bonchev–Trinajstić information content (AvgIpc) is 3.31. The van der Waals surface area contributed by atoms with E-state index in [0.29, 0.717) is 28.5 Å². The molecule has 1 heterocycles. The topological polar surface area (TPSA) is 111 Å². The Hall–Kier alpha value is -4.58. The highest BCUT2D eigenvalue weighted by molar-refractivity contribution is 6.09. The van der Waals surface area contributed by atoms with Gasteiger partial charge in [-0.25, -0.2) is 9.18 Å². The Labute approximate surface area is 188 Å². The van der Waals surface area contributed by atoms with Crippen LogP contribution in [-0.4, -0.2) is 26.1 Å². The second-order valence-electron chi connectivity index (χ2n) is 6.59. The second kappa shape index (κ2) is 10.6. The summed E-state index contributed by atoms with van der Waals surface area (Å²) < 4.78 is 34.0. The molecule has 3 aromatic rings. The van der Waals surface area contributed by atoms with Crippen LogP contribution in [0.5, 0.6) is 11.5 Å². The van der Waals surface area contributed by atoms with Crippen molar-refractivity contribution in [2.45, 2.75) is 6.61 Å². The first-order chi connectivity index (χ1) is 15.9. The molecule has 2 aromatic carbocycles. The summed E-state index contributed by atoms with van der Waals surface area (Å²) in [5.74, 6) is -0.444. The molecule has 1 amide bonds. The highest BCUT2D eigenvalue weighted by atomic mass is 19.1. The van der Waals surface area contributed by atoms with Gasteiger partial charge in [0.25, 0.3) is 5.91 Å². The number of carbonyl (C=O) groups is 2. The van der Waals surface area contributed by atoms with E-state index in [9.17, 15) is 19.2 Å². The molecular formula is C24H19FN2O6. The number of nitriles is 1.